The van der Waals surface area contributed by atoms with E-state index in [0.29, 0.717) is 6.54 Å². The number of rotatable bonds is 6. The molecular formula is C13H16N4O3S. The molecule has 0 fully saturated rings. The fourth-order valence-corrected chi connectivity index (χ4v) is 2.95. The van der Waals surface area contributed by atoms with Gasteiger partial charge in [0.25, 0.3) is 10.0 Å². The van der Waals surface area contributed by atoms with E-state index >= 15 is 0 Å². The van der Waals surface area contributed by atoms with Gasteiger partial charge < -0.3 is 10.1 Å². The zero-order valence-electron chi connectivity index (χ0n) is 11.7. The maximum absolute atomic E-state index is 12.4. The lowest BCUT2D eigenvalue weighted by atomic mass is 10.2. The maximum atomic E-state index is 12.4. The summed E-state index contributed by atoms with van der Waals surface area (Å²) in [5.41, 5.74) is 0.924. The Kier molecular flexibility index (Phi) is 4.71. The number of aromatic nitrogens is 2. The number of ether oxygens (including phenoxy) is 1. The van der Waals surface area contributed by atoms with Crippen LogP contribution in [-0.2, 0) is 16.6 Å². The van der Waals surface area contributed by atoms with Crippen LogP contribution >= 0.6 is 0 Å². The topological polar surface area (TPSA) is 93.2 Å². The van der Waals surface area contributed by atoms with Gasteiger partial charge >= 0.3 is 0 Å². The van der Waals surface area contributed by atoms with E-state index in [2.05, 4.69) is 20.2 Å². The standard InChI is InChI=1S/C13H16N4O3S/c1-14-9-10-5-6-12(11(8-10)20-2)21(18,19)17-13-4-3-7-15-16-13/h3-8,14H,9H2,1-2H3,(H,16,17). The molecule has 0 radical (unpaired) electrons. The maximum Gasteiger partial charge on any atom is 0.266 e. The van der Waals surface area contributed by atoms with Crippen molar-refractivity contribution >= 4 is 15.8 Å². The summed E-state index contributed by atoms with van der Waals surface area (Å²) >= 11 is 0. The largest absolute Gasteiger partial charge is 0.495 e. The Hall–Kier alpha value is -2.19. The molecule has 2 rings (SSSR count). The Morgan fingerprint density at radius 3 is 2.71 bits per heavy atom. The Morgan fingerprint density at radius 1 is 1.29 bits per heavy atom. The molecule has 0 aliphatic carbocycles. The van der Waals surface area contributed by atoms with E-state index in [-0.39, 0.29) is 16.5 Å². The van der Waals surface area contributed by atoms with E-state index in [1.807, 2.05) is 7.05 Å². The van der Waals surface area contributed by atoms with Crippen LogP contribution < -0.4 is 14.8 Å². The number of benzene rings is 1. The molecule has 7 nitrogen and oxygen atoms in total. The van der Waals surface area contributed by atoms with Crippen molar-refractivity contribution in [1.29, 1.82) is 0 Å². The van der Waals surface area contributed by atoms with E-state index in [1.165, 1.54) is 25.4 Å². The number of hydrogen-bond acceptors (Lipinski definition) is 6. The fourth-order valence-electron chi connectivity index (χ4n) is 1.80. The second-order valence-corrected chi connectivity index (χ2v) is 5.88. The van der Waals surface area contributed by atoms with Crippen LogP contribution in [0.3, 0.4) is 0 Å². The molecule has 1 heterocycles. The molecule has 112 valence electrons. The summed E-state index contributed by atoms with van der Waals surface area (Å²) in [5, 5.41) is 10.3. The minimum absolute atomic E-state index is 0.0514. The first-order valence-corrected chi connectivity index (χ1v) is 7.67. The molecule has 1 aromatic carbocycles. The number of nitrogens with zero attached hydrogens (tertiary/aromatic N) is 2. The summed E-state index contributed by atoms with van der Waals surface area (Å²) in [6.07, 6.45) is 1.46. The number of methoxy groups -OCH3 is 1. The first-order valence-electron chi connectivity index (χ1n) is 6.19. The van der Waals surface area contributed by atoms with Gasteiger partial charge in [-0.15, -0.1) is 5.10 Å². The van der Waals surface area contributed by atoms with Crippen LogP contribution in [0.5, 0.6) is 5.75 Å². The summed E-state index contributed by atoms with van der Waals surface area (Å²) in [5.74, 6) is 0.429. The minimum atomic E-state index is -3.79. The first-order chi connectivity index (χ1) is 10.1. The van der Waals surface area contributed by atoms with Crippen molar-refractivity contribution in [3.05, 3.63) is 42.1 Å². The summed E-state index contributed by atoms with van der Waals surface area (Å²) in [6, 6.07) is 8.03. The van der Waals surface area contributed by atoms with E-state index in [1.54, 1.807) is 18.2 Å². The fraction of sp³-hybridized carbons (Fsp3) is 0.231. The molecule has 2 N–H and O–H groups in total. The molecule has 0 unspecified atom stereocenters. The van der Waals surface area contributed by atoms with Gasteiger partial charge in [-0.25, -0.2) is 8.42 Å². The van der Waals surface area contributed by atoms with Crippen LogP contribution in [0.1, 0.15) is 5.56 Å². The lowest BCUT2D eigenvalue weighted by molar-refractivity contribution is 0.402. The molecule has 0 amide bonds. The van der Waals surface area contributed by atoms with E-state index in [9.17, 15) is 8.42 Å². The van der Waals surface area contributed by atoms with E-state index in [4.69, 9.17) is 4.74 Å². The molecule has 0 aliphatic heterocycles. The summed E-state index contributed by atoms with van der Waals surface area (Å²) in [6.45, 7) is 0.619. The lowest BCUT2D eigenvalue weighted by Gasteiger charge is -2.12. The molecule has 0 atom stereocenters. The third-order valence-corrected chi connectivity index (χ3v) is 4.10. The molecule has 8 heteroatoms. The van der Waals surface area contributed by atoms with Gasteiger partial charge in [0.1, 0.15) is 10.6 Å². The SMILES string of the molecule is CNCc1ccc(S(=O)(=O)Nc2cccnn2)c(OC)c1. The summed E-state index contributed by atoms with van der Waals surface area (Å²) in [7, 11) is -0.543. The molecule has 0 saturated carbocycles. The van der Waals surface area contributed by atoms with Crippen molar-refractivity contribution < 1.29 is 13.2 Å². The number of sulfonamides is 1. The molecule has 0 saturated heterocycles. The highest BCUT2D eigenvalue weighted by atomic mass is 32.2. The van der Waals surface area contributed by atoms with Crippen LogP contribution in [0.25, 0.3) is 0 Å². The molecule has 0 bridgehead atoms. The zero-order chi connectivity index (χ0) is 15.3. The number of anilines is 1. The minimum Gasteiger partial charge on any atom is -0.495 e. The molecule has 1 aromatic heterocycles. The molecule has 0 aliphatic rings. The van der Waals surface area contributed by atoms with Crippen LogP contribution in [0.4, 0.5) is 5.82 Å². The van der Waals surface area contributed by atoms with Crippen LogP contribution in [0.15, 0.2) is 41.4 Å². The second-order valence-electron chi connectivity index (χ2n) is 4.23. The van der Waals surface area contributed by atoms with Crippen molar-refractivity contribution in [3.63, 3.8) is 0 Å². The van der Waals surface area contributed by atoms with Gasteiger partial charge in [0.05, 0.1) is 7.11 Å². The van der Waals surface area contributed by atoms with Crippen molar-refractivity contribution in [3.8, 4) is 5.75 Å². The van der Waals surface area contributed by atoms with Crippen molar-refractivity contribution in [2.75, 3.05) is 18.9 Å². The van der Waals surface area contributed by atoms with Crippen LogP contribution in [0.2, 0.25) is 0 Å². The number of nitrogens with one attached hydrogen (secondary N) is 2. The predicted molar refractivity (Wildman–Crippen MR) is 78.6 cm³/mol. The first kappa shape index (κ1) is 15.2. The predicted octanol–water partition coefficient (Wildman–Crippen LogP) is 1.01. The average Bonchev–Trinajstić information content (AvgIpc) is 2.48. The second kappa shape index (κ2) is 6.51. The Bertz CT molecular complexity index is 705. The highest BCUT2D eigenvalue weighted by Crippen LogP contribution is 2.26. The average molecular weight is 308 g/mol. The van der Waals surface area contributed by atoms with E-state index in [0.717, 1.165) is 5.56 Å². The third kappa shape index (κ3) is 3.67. The molecule has 2 aromatic rings. The molecule has 0 spiro atoms. The van der Waals surface area contributed by atoms with Gasteiger partial charge in [-0.1, -0.05) is 6.07 Å². The van der Waals surface area contributed by atoms with Gasteiger partial charge in [0.15, 0.2) is 5.82 Å². The van der Waals surface area contributed by atoms with Crippen molar-refractivity contribution in [1.82, 2.24) is 15.5 Å². The van der Waals surface area contributed by atoms with Crippen molar-refractivity contribution in [2.45, 2.75) is 11.4 Å². The van der Waals surface area contributed by atoms with Gasteiger partial charge in [-0.3, -0.25) is 4.72 Å². The van der Waals surface area contributed by atoms with Gasteiger partial charge in [-0.2, -0.15) is 5.10 Å². The van der Waals surface area contributed by atoms with Gasteiger partial charge in [-0.05, 0) is 36.9 Å². The summed E-state index contributed by atoms with van der Waals surface area (Å²) in [4.78, 5) is 0.0514. The molecular weight excluding hydrogens is 292 g/mol. The van der Waals surface area contributed by atoms with Crippen LogP contribution in [0, 0.1) is 0 Å². The highest BCUT2D eigenvalue weighted by Gasteiger charge is 2.20. The normalized spacial score (nSPS) is 11.1. The third-order valence-electron chi connectivity index (χ3n) is 2.71. The Morgan fingerprint density at radius 2 is 2.10 bits per heavy atom. The highest BCUT2D eigenvalue weighted by molar-refractivity contribution is 7.92. The Balaban J connectivity index is 2.35. The Labute approximate surface area is 123 Å². The van der Waals surface area contributed by atoms with Crippen molar-refractivity contribution in [2.24, 2.45) is 0 Å². The smallest absolute Gasteiger partial charge is 0.266 e. The summed E-state index contributed by atoms with van der Waals surface area (Å²) < 4.78 is 32.3. The zero-order valence-corrected chi connectivity index (χ0v) is 12.5. The van der Waals surface area contributed by atoms with Gasteiger partial charge in [0, 0.05) is 12.7 Å². The monoisotopic (exact) mass is 308 g/mol. The lowest BCUT2D eigenvalue weighted by Crippen LogP contribution is -2.15. The van der Waals surface area contributed by atoms with E-state index < -0.39 is 10.0 Å². The molecule has 21 heavy (non-hydrogen) atoms. The quantitative estimate of drug-likeness (QED) is 0.827. The van der Waals surface area contributed by atoms with Gasteiger partial charge in [0.2, 0.25) is 0 Å². The number of hydrogen-bond donors (Lipinski definition) is 2. The van der Waals surface area contributed by atoms with Crippen LogP contribution in [-0.4, -0.2) is 32.8 Å².